The molecule has 0 radical (unpaired) electrons. The van der Waals surface area contributed by atoms with Gasteiger partial charge in [0, 0.05) is 9.95 Å². The molecule has 0 aliphatic heterocycles. The molecule has 2 unspecified atom stereocenters. The number of ether oxygens (including phenoxy) is 1. The van der Waals surface area contributed by atoms with Gasteiger partial charge in [0.05, 0.1) is 19.1 Å². The molecule has 1 aromatic rings. The van der Waals surface area contributed by atoms with Crippen molar-refractivity contribution < 1.29 is 14.5 Å². The molecule has 0 saturated heterocycles. The molecule has 1 rings (SSSR count). The van der Waals surface area contributed by atoms with Crippen molar-refractivity contribution in [3.63, 3.8) is 0 Å². The van der Waals surface area contributed by atoms with Crippen LogP contribution in [-0.2, 0) is 9.53 Å². The van der Waals surface area contributed by atoms with E-state index in [1.165, 1.54) is 0 Å². The Morgan fingerprint density at radius 3 is 2.53 bits per heavy atom. The smallest absolute Gasteiger partial charge is 0.323 e. The minimum atomic E-state index is -1.23. The van der Waals surface area contributed by atoms with E-state index >= 15 is 0 Å². The Morgan fingerprint density at radius 2 is 2.11 bits per heavy atom. The van der Waals surface area contributed by atoms with Crippen molar-refractivity contribution in [2.24, 2.45) is 5.92 Å². The average molecular weight is 283 g/mol. The Bertz CT molecular complexity index is 509. The van der Waals surface area contributed by atoms with Crippen LogP contribution in [0, 0.1) is 27.4 Å². The second-order valence-electron chi connectivity index (χ2n) is 3.80. The highest BCUT2D eigenvalue weighted by molar-refractivity contribution is 6.30. The highest BCUT2D eigenvalue weighted by Gasteiger charge is 2.34. The van der Waals surface area contributed by atoms with Crippen LogP contribution in [0.2, 0.25) is 5.02 Å². The van der Waals surface area contributed by atoms with Gasteiger partial charge in [0.15, 0.2) is 5.92 Å². The van der Waals surface area contributed by atoms with Crippen LogP contribution in [0.15, 0.2) is 24.3 Å². The molecule has 1 aromatic carbocycles. The number of halogens is 1. The van der Waals surface area contributed by atoms with E-state index in [1.807, 2.05) is 0 Å². The number of hydrogen-bond donors (Lipinski definition) is 0. The number of rotatable bonds is 5. The van der Waals surface area contributed by atoms with Gasteiger partial charge in [-0.25, -0.2) is 0 Å². The molecule has 0 amide bonds. The lowest BCUT2D eigenvalue weighted by molar-refractivity contribution is -0.484. The molecule has 100 valence electrons. The van der Waals surface area contributed by atoms with Gasteiger partial charge in [0.25, 0.3) is 0 Å². The van der Waals surface area contributed by atoms with E-state index in [-0.39, 0.29) is 0 Å². The van der Waals surface area contributed by atoms with Gasteiger partial charge < -0.3 is 4.74 Å². The van der Waals surface area contributed by atoms with Gasteiger partial charge in [-0.2, -0.15) is 5.26 Å². The number of nitro groups is 1. The van der Waals surface area contributed by atoms with Crippen LogP contribution in [0.1, 0.15) is 11.5 Å². The van der Waals surface area contributed by atoms with Crippen LogP contribution in [0.25, 0.3) is 0 Å². The fourth-order valence-corrected chi connectivity index (χ4v) is 1.83. The summed E-state index contributed by atoms with van der Waals surface area (Å²) >= 11 is 5.73. The number of benzene rings is 1. The molecule has 0 N–H and O–H groups in total. The summed E-state index contributed by atoms with van der Waals surface area (Å²) in [6.07, 6.45) is 0. The summed E-state index contributed by atoms with van der Waals surface area (Å²) in [6, 6.07) is 7.98. The maximum Gasteiger partial charge on any atom is 0.323 e. The Morgan fingerprint density at radius 1 is 1.53 bits per heavy atom. The fraction of sp³-hybridized carbons (Fsp3) is 0.333. The van der Waals surface area contributed by atoms with Crippen molar-refractivity contribution in [3.8, 4) is 6.07 Å². The maximum atomic E-state index is 11.5. The van der Waals surface area contributed by atoms with E-state index in [2.05, 4.69) is 4.74 Å². The molecular weight excluding hydrogens is 272 g/mol. The van der Waals surface area contributed by atoms with Crippen molar-refractivity contribution in [2.75, 3.05) is 13.7 Å². The molecule has 0 heterocycles. The quantitative estimate of drug-likeness (QED) is 0.468. The number of hydrogen-bond acceptors (Lipinski definition) is 5. The Balaban J connectivity index is 3.13. The molecule has 7 heteroatoms. The molecule has 0 aromatic heterocycles. The average Bonchev–Trinajstić information content (AvgIpc) is 2.38. The zero-order valence-electron chi connectivity index (χ0n) is 10.1. The second kappa shape index (κ2) is 6.71. The summed E-state index contributed by atoms with van der Waals surface area (Å²) in [5.74, 6) is -2.88. The Labute approximate surface area is 114 Å². The van der Waals surface area contributed by atoms with Crippen molar-refractivity contribution >= 4 is 17.6 Å². The van der Waals surface area contributed by atoms with Crippen LogP contribution in [-0.4, -0.2) is 24.5 Å². The Hall–Kier alpha value is -2.13. The lowest BCUT2D eigenvalue weighted by Gasteiger charge is -2.17. The number of methoxy groups -OCH3 is 1. The standard InChI is InChI=1S/C12H11ClN2O4/c1-19-12(16)10(6-14)11(7-15(17)18)8-2-4-9(13)5-3-8/h2-5,10-11H,7H2,1H3. The zero-order valence-corrected chi connectivity index (χ0v) is 10.8. The van der Waals surface area contributed by atoms with Gasteiger partial charge in [-0.1, -0.05) is 23.7 Å². The van der Waals surface area contributed by atoms with Crippen LogP contribution < -0.4 is 0 Å². The molecule has 0 aliphatic carbocycles. The molecular formula is C12H11ClN2O4. The Kier molecular flexibility index (Phi) is 5.27. The predicted molar refractivity (Wildman–Crippen MR) is 67.2 cm³/mol. The predicted octanol–water partition coefficient (Wildman–Crippen LogP) is 2.01. The van der Waals surface area contributed by atoms with Gasteiger partial charge in [0.2, 0.25) is 6.54 Å². The van der Waals surface area contributed by atoms with E-state index in [0.717, 1.165) is 7.11 Å². The topological polar surface area (TPSA) is 93.2 Å². The largest absolute Gasteiger partial charge is 0.468 e. The molecule has 0 aliphatic rings. The number of carbonyl (C=O) groups excluding carboxylic acids is 1. The van der Waals surface area contributed by atoms with Gasteiger partial charge in [-0.3, -0.25) is 14.9 Å². The van der Waals surface area contributed by atoms with Crippen LogP contribution in [0.5, 0.6) is 0 Å². The van der Waals surface area contributed by atoms with E-state index in [4.69, 9.17) is 16.9 Å². The molecule has 19 heavy (non-hydrogen) atoms. The third-order valence-electron chi connectivity index (χ3n) is 2.64. The first kappa shape index (κ1) is 14.9. The fourth-order valence-electron chi connectivity index (χ4n) is 1.71. The molecule has 0 bridgehead atoms. The summed E-state index contributed by atoms with van der Waals surface area (Å²) < 4.78 is 4.50. The highest BCUT2D eigenvalue weighted by atomic mass is 35.5. The summed E-state index contributed by atoms with van der Waals surface area (Å²) in [7, 11) is 1.14. The first-order valence-corrected chi connectivity index (χ1v) is 5.72. The molecule has 0 spiro atoms. The molecule has 0 saturated carbocycles. The summed E-state index contributed by atoms with van der Waals surface area (Å²) in [5, 5.41) is 20.2. The summed E-state index contributed by atoms with van der Waals surface area (Å²) in [6.45, 7) is -0.533. The minimum absolute atomic E-state index is 0.468. The van der Waals surface area contributed by atoms with E-state index in [0.29, 0.717) is 10.6 Å². The monoisotopic (exact) mass is 282 g/mol. The third-order valence-corrected chi connectivity index (χ3v) is 2.89. The summed E-state index contributed by atoms with van der Waals surface area (Å²) in [4.78, 5) is 21.6. The number of nitriles is 1. The van der Waals surface area contributed by atoms with Crippen LogP contribution >= 0.6 is 11.6 Å². The highest BCUT2D eigenvalue weighted by Crippen LogP contribution is 2.27. The molecule has 6 nitrogen and oxygen atoms in total. The van der Waals surface area contributed by atoms with E-state index in [9.17, 15) is 14.9 Å². The minimum Gasteiger partial charge on any atom is -0.468 e. The maximum absolute atomic E-state index is 11.5. The lowest BCUT2D eigenvalue weighted by atomic mass is 9.87. The zero-order chi connectivity index (χ0) is 14.4. The first-order valence-electron chi connectivity index (χ1n) is 5.34. The van der Waals surface area contributed by atoms with E-state index in [1.54, 1.807) is 30.3 Å². The van der Waals surface area contributed by atoms with Crippen molar-refractivity contribution in [2.45, 2.75) is 5.92 Å². The van der Waals surface area contributed by atoms with Gasteiger partial charge >= 0.3 is 5.97 Å². The number of nitrogens with zero attached hydrogens (tertiary/aromatic N) is 2. The van der Waals surface area contributed by atoms with Crippen molar-refractivity contribution in [1.29, 1.82) is 5.26 Å². The summed E-state index contributed by atoms with van der Waals surface area (Å²) in [5.41, 5.74) is 0.498. The van der Waals surface area contributed by atoms with Gasteiger partial charge in [-0.05, 0) is 17.7 Å². The van der Waals surface area contributed by atoms with Crippen molar-refractivity contribution in [3.05, 3.63) is 45.0 Å². The number of esters is 1. The van der Waals surface area contributed by atoms with Crippen molar-refractivity contribution in [1.82, 2.24) is 0 Å². The molecule has 0 fully saturated rings. The second-order valence-corrected chi connectivity index (χ2v) is 4.24. The van der Waals surface area contributed by atoms with Crippen LogP contribution in [0.3, 0.4) is 0 Å². The van der Waals surface area contributed by atoms with Gasteiger partial charge in [-0.15, -0.1) is 0 Å². The normalized spacial score (nSPS) is 13.1. The molecule has 2 atom stereocenters. The van der Waals surface area contributed by atoms with E-state index < -0.39 is 29.3 Å². The third kappa shape index (κ3) is 3.93. The van der Waals surface area contributed by atoms with Crippen LogP contribution in [0.4, 0.5) is 0 Å². The lowest BCUT2D eigenvalue weighted by Crippen LogP contribution is -2.27. The van der Waals surface area contributed by atoms with Gasteiger partial charge in [0.1, 0.15) is 0 Å². The number of carbonyl (C=O) groups is 1. The SMILES string of the molecule is COC(=O)C(C#N)C(C[N+](=O)[O-])c1ccc(Cl)cc1. The first-order chi connectivity index (χ1) is 8.99.